The van der Waals surface area contributed by atoms with E-state index in [1.807, 2.05) is 24.1 Å². The zero-order valence-corrected chi connectivity index (χ0v) is 11.5. The minimum absolute atomic E-state index is 0.339. The van der Waals surface area contributed by atoms with Gasteiger partial charge in [0.25, 0.3) is 0 Å². The van der Waals surface area contributed by atoms with E-state index < -0.39 is 6.10 Å². The normalized spacial score (nSPS) is 13.1. The first-order valence-corrected chi connectivity index (χ1v) is 6.08. The van der Waals surface area contributed by atoms with Crippen LogP contribution >= 0.6 is 23.2 Å². The molecule has 1 aromatic carbocycles. The molecule has 0 heterocycles. The summed E-state index contributed by atoms with van der Waals surface area (Å²) in [5.41, 5.74) is 1.06. The van der Waals surface area contributed by atoms with Crippen LogP contribution in [-0.2, 0) is 11.3 Å². The third-order valence-electron chi connectivity index (χ3n) is 2.32. The largest absolute Gasteiger partial charge is 0.389 e. The molecule has 0 radical (unpaired) electrons. The summed E-state index contributed by atoms with van der Waals surface area (Å²) < 4.78 is 4.87. The van der Waals surface area contributed by atoms with Crippen LogP contribution in [0.3, 0.4) is 0 Å². The molecule has 1 N–H and O–H groups in total. The molecule has 0 aliphatic rings. The molecule has 0 fully saturated rings. The molecule has 0 saturated carbocycles. The third kappa shape index (κ3) is 5.23. The average Bonchev–Trinajstić information content (AvgIpc) is 2.23. The summed E-state index contributed by atoms with van der Waals surface area (Å²) in [4.78, 5) is 2.00. The van der Waals surface area contributed by atoms with Gasteiger partial charge >= 0.3 is 0 Å². The van der Waals surface area contributed by atoms with E-state index in [1.165, 1.54) is 0 Å². The lowest BCUT2D eigenvalue weighted by molar-refractivity contribution is 0.0419. The minimum Gasteiger partial charge on any atom is -0.389 e. The Morgan fingerprint density at radius 1 is 1.35 bits per heavy atom. The first-order valence-electron chi connectivity index (χ1n) is 5.32. The zero-order valence-electron chi connectivity index (χ0n) is 9.99. The summed E-state index contributed by atoms with van der Waals surface area (Å²) in [6.07, 6.45) is -0.479. The van der Waals surface area contributed by atoms with Gasteiger partial charge in [-0.15, -0.1) is 0 Å². The molecule has 1 atom stereocenters. The molecule has 1 aromatic rings. The van der Waals surface area contributed by atoms with Gasteiger partial charge in [-0.05, 0) is 24.7 Å². The van der Waals surface area contributed by atoms with Crippen LogP contribution in [0.1, 0.15) is 5.56 Å². The maximum Gasteiger partial charge on any atom is 0.0900 e. The first kappa shape index (κ1) is 14.7. The van der Waals surface area contributed by atoms with Gasteiger partial charge < -0.3 is 9.84 Å². The number of hydrogen-bond donors (Lipinski definition) is 1. The Bertz CT molecular complexity index is 360. The highest BCUT2D eigenvalue weighted by atomic mass is 35.5. The van der Waals surface area contributed by atoms with Crippen molar-refractivity contribution in [3.8, 4) is 0 Å². The van der Waals surface area contributed by atoms with Gasteiger partial charge in [0.05, 0.1) is 22.8 Å². The van der Waals surface area contributed by atoms with E-state index in [9.17, 15) is 5.11 Å². The van der Waals surface area contributed by atoms with Gasteiger partial charge in [-0.1, -0.05) is 29.3 Å². The van der Waals surface area contributed by atoms with Gasteiger partial charge in [0.2, 0.25) is 0 Å². The molecule has 0 aliphatic carbocycles. The fraction of sp³-hybridized carbons (Fsp3) is 0.500. The molecule has 0 aliphatic heterocycles. The molecule has 96 valence electrons. The smallest absolute Gasteiger partial charge is 0.0900 e. The zero-order chi connectivity index (χ0) is 12.8. The van der Waals surface area contributed by atoms with E-state index in [0.29, 0.717) is 29.7 Å². The van der Waals surface area contributed by atoms with Gasteiger partial charge in [-0.3, -0.25) is 4.90 Å². The number of likely N-dealkylation sites (N-methyl/N-ethyl adjacent to an activating group) is 1. The number of methoxy groups -OCH3 is 1. The van der Waals surface area contributed by atoms with Gasteiger partial charge in [-0.25, -0.2) is 0 Å². The molecule has 1 rings (SSSR count). The molecule has 3 nitrogen and oxygen atoms in total. The van der Waals surface area contributed by atoms with Crippen molar-refractivity contribution in [2.24, 2.45) is 0 Å². The Labute approximate surface area is 112 Å². The molecular weight excluding hydrogens is 261 g/mol. The molecule has 0 spiro atoms. The standard InChI is InChI=1S/C12H17Cl2NO2/c1-15(7-10(16)8-17-2)6-9-3-4-11(13)12(14)5-9/h3-5,10,16H,6-8H2,1-2H3/t10-/m1/s1. The summed E-state index contributed by atoms with van der Waals surface area (Å²) in [6.45, 7) is 1.59. The van der Waals surface area contributed by atoms with E-state index in [2.05, 4.69) is 0 Å². The molecule has 0 aromatic heterocycles. The van der Waals surface area contributed by atoms with Gasteiger partial charge in [0.15, 0.2) is 0 Å². The summed E-state index contributed by atoms with van der Waals surface area (Å²) >= 11 is 11.8. The number of benzene rings is 1. The average molecular weight is 278 g/mol. The van der Waals surface area contributed by atoms with Crippen LogP contribution in [0.5, 0.6) is 0 Å². The minimum atomic E-state index is -0.479. The Hall–Kier alpha value is -0.320. The first-order chi connectivity index (χ1) is 8.02. The summed E-state index contributed by atoms with van der Waals surface area (Å²) in [5.74, 6) is 0. The lowest BCUT2D eigenvalue weighted by Crippen LogP contribution is -2.31. The van der Waals surface area contributed by atoms with E-state index in [0.717, 1.165) is 5.56 Å². The Morgan fingerprint density at radius 3 is 2.65 bits per heavy atom. The molecule has 5 heteroatoms. The van der Waals surface area contributed by atoms with E-state index >= 15 is 0 Å². The third-order valence-corrected chi connectivity index (χ3v) is 3.06. The lowest BCUT2D eigenvalue weighted by atomic mass is 10.2. The maximum absolute atomic E-state index is 9.58. The van der Waals surface area contributed by atoms with Crippen LogP contribution in [0, 0.1) is 0 Å². The second kappa shape index (κ2) is 7.19. The Balaban J connectivity index is 2.50. The van der Waals surface area contributed by atoms with Crippen molar-refractivity contribution in [2.75, 3.05) is 27.3 Å². The van der Waals surface area contributed by atoms with Crippen molar-refractivity contribution in [3.63, 3.8) is 0 Å². The fourth-order valence-corrected chi connectivity index (χ4v) is 1.94. The van der Waals surface area contributed by atoms with Gasteiger partial charge in [0.1, 0.15) is 0 Å². The molecule has 0 amide bonds. The van der Waals surface area contributed by atoms with E-state index in [1.54, 1.807) is 13.2 Å². The number of aliphatic hydroxyl groups is 1. The van der Waals surface area contributed by atoms with E-state index in [-0.39, 0.29) is 0 Å². The van der Waals surface area contributed by atoms with Crippen LogP contribution in [0.4, 0.5) is 0 Å². The van der Waals surface area contributed by atoms with Crippen molar-refractivity contribution in [1.29, 1.82) is 0 Å². The highest BCUT2D eigenvalue weighted by Crippen LogP contribution is 2.23. The van der Waals surface area contributed by atoms with Crippen molar-refractivity contribution in [2.45, 2.75) is 12.6 Å². The number of ether oxygens (including phenoxy) is 1. The van der Waals surface area contributed by atoms with Gasteiger partial charge in [0, 0.05) is 20.2 Å². The van der Waals surface area contributed by atoms with Gasteiger partial charge in [-0.2, -0.15) is 0 Å². The van der Waals surface area contributed by atoms with E-state index in [4.69, 9.17) is 27.9 Å². The van der Waals surface area contributed by atoms with Crippen LogP contribution in [0.2, 0.25) is 10.0 Å². The molecule has 17 heavy (non-hydrogen) atoms. The van der Waals surface area contributed by atoms with Crippen molar-refractivity contribution >= 4 is 23.2 Å². The molecule has 0 unspecified atom stereocenters. The highest BCUT2D eigenvalue weighted by molar-refractivity contribution is 6.42. The van der Waals surface area contributed by atoms with Crippen molar-refractivity contribution in [3.05, 3.63) is 33.8 Å². The molecule has 0 bridgehead atoms. The fourth-order valence-electron chi connectivity index (χ4n) is 1.62. The Morgan fingerprint density at radius 2 is 2.06 bits per heavy atom. The van der Waals surface area contributed by atoms with Crippen molar-refractivity contribution in [1.82, 2.24) is 4.90 Å². The molecule has 0 saturated heterocycles. The lowest BCUT2D eigenvalue weighted by Gasteiger charge is -2.20. The number of rotatable bonds is 6. The topological polar surface area (TPSA) is 32.7 Å². The summed E-state index contributed by atoms with van der Waals surface area (Å²) in [7, 11) is 3.50. The Kier molecular flexibility index (Phi) is 6.23. The van der Waals surface area contributed by atoms with Crippen LogP contribution < -0.4 is 0 Å². The van der Waals surface area contributed by atoms with Crippen LogP contribution in [-0.4, -0.2) is 43.4 Å². The molecular formula is C12H17Cl2NO2. The van der Waals surface area contributed by atoms with Crippen LogP contribution in [0.15, 0.2) is 18.2 Å². The number of halogens is 2. The maximum atomic E-state index is 9.58. The second-order valence-corrected chi connectivity index (χ2v) is 4.87. The number of nitrogens with zero attached hydrogens (tertiary/aromatic N) is 1. The highest BCUT2D eigenvalue weighted by Gasteiger charge is 2.09. The number of hydrogen-bond acceptors (Lipinski definition) is 3. The number of aliphatic hydroxyl groups excluding tert-OH is 1. The predicted octanol–water partition coefficient (Wildman–Crippen LogP) is 2.43. The summed E-state index contributed by atoms with van der Waals surface area (Å²) in [6, 6.07) is 5.54. The summed E-state index contributed by atoms with van der Waals surface area (Å²) in [5, 5.41) is 10.7. The second-order valence-electron chi connectivity index (χ2n) is 4.05. The van der Waals surface area contributed by atoms with Crippen molar-refractivity contribution < 1.29 is 9.84 Å². The SMILES string of the molecule is COC[C@H](O)CN(C)Cc1ccc(Cl)c(Cl)c1. The van der Waals surface area contributed by atoms with Crippen LogP contribution in [0.25, 0.3) is 0 Å². The monoisotopic (exact) mass is 277 g/mol. The predicted molar refractivity (Wildman–Crippen MR) is 70.7 cm³/mol. The quantitative estimate of drug-likeness (QED) is 0.867.